The average Bonchev–Trinajstić information content (AvgIpc) is 3.28. The molecule has 2 aliphatic rings. The zero-order valence-corrected chi connectivity index (χ0v) is 14.3. The van der Waals surface area contributed by atoms with Gasteiger partial charge in [0.2, 0.25) is 0 Å². The molecule has 118 valence electrons. The second-order valence-electron chi connectivity index (χ2n) is 7.05. The summed E-state index contributed by atoms with van der Waals surface area (Å²) in [4.78, 5) is 7.11. The van der Waals surface area contributed by atoms with E-state index in [2.05, 4.69) is 45.2 Å². The number of thiazole rings is 1. The van der Waals surface area contributed by atoms with Crippen molar-refractivity contribution >= 4 is 22.2 Å². The molecule has 5 rings (SSSR count). The molecule has 0 spiro atoms. The van der Waals surface area contributed by atoms with Crippen molar-refractivity contribution in [2.45, 2.75) is 31.8 Å². The molecule has 0 N–H and O–H groups in total. The van der Waals surface area contributed by atoms with E-state index in [4.69, 9.17) is 5.10 Å². The molecule has 2 aromatic heterocycles. The third-order valence-electron chi connectivity index (χ3n) is 5.55. The normalized spacial score (nSPS) is 27.3. The number of hydrogen-bond acceptors (Lipinski definition) is 4. The molecule has 2 bridgehead atoms. The fourth-order valence-corrected chi connectivity index (χ4v) is 5.18. The van der Waals surface area contributed by atoms with Gasteiger partial charge in [0.15, 0.2) is 0 Å². The lowest BCUT2D eigenvalue weighted by atomic mass is 10.0. The number of nitrogens with zero attached hydrogens (tertiary/aromatic N) is 4. The topological polar surface area (TPSA) is 34.0 Å². The number of hydrogen-bond donors (Lipinski definition) is 0. The van der Waals surface area contributed by atoms with E-state index < -0.39 is 0 Å². The monoisotopic (exact) mass is 324 g/mol. The summed E-state index contributed by atoms with van der Waals surface area (Å²) in [6.45, 7) is 3.26. The molecular formula is C18H20N4S. The molecule has 2 fully saturated rings. The second-order valence-corrected chi connectivity index (χ2v) is 7.91. The Morgan fingerprint density at radius 2 is 2.17 bits per heavy atom. The van der Waals surface area contributed by atoms with Crippen LogP contribution >= 0.6 is 11.3 Å². The fourth-order valence-electron chi connectivity index (χ4n) is 4.39. The summed E-state index contributed by atoms with van der Waals surface area (Å²) in [5.74, 6) is 0.759. The van der Waals surface area contributed by atoms with E-state index in [1.54, 1.807) is 11.3 Å². The van der Waals surface area contributed by atoms with Gasteiger partial charge < -0.3 is 4.90 Å². The van der Waals surface area contributed by atoms with Crippen molar-refractivity contribution in [1.82, 2.24) is 19.7 Å². The molecule has 3 atom stereocenters. The van der Waals surface area contributed by atoms with Crippen molar-refractivity contribution < 1.29 is 0 Å². The average molecular weight is 324 g/mol. The maximum absolute atomic E-state index is 4.74. The number of fused-ring (bicyclic) bond motifs is 3. The molecule has 1 aliphatic carbocycles. The lowest BCUT2D eigenvalue weighted by Crippen LogP contribution is -2.33. The molecular weight excluding hydrogens is 304 g/mol. The highest BCUT2D eigenvalue weighted by atomic mass is 32.1. The van der Waals surface area contributed by atoms with Gasteiger partial charge >= 0.3 is 0 Å². The number of rotatable bonds is 2. The predicted octanol–water partition coefficient (Wildman–Crippen LogP) is 3.73. The van der Waals surface area contributed by atoms with Gasteiger partial charge in [-0.2, -0.15) is 5.10 Å². The third kappa shape index (κ3) is 2.07. The van der Waals surface area contributed by atoms with Crippen molar-refractivity contribution in [3.8, 4) is 10.6 Å². The van der Waals surface area contributed by atoms with Crippen LogP contribution in [0.4, 0.5) is 0 Å². The Balaban J connectivity index is 1.53. The molecule has 4 nitrogen and oxygen atoms in total. The van der Waals surface area contributed by atoms with Crippen molar-refractivity contribution in [2.75, 3.05) is 13.6 Å². The van der Waals surface area contributed by atoms with Crippen LogP contribution in [-0.4, -0.2) is 39.3 Å². The fraction of sp³-hybridized carbons (Fsp3) is 0.444. The Hall–Kier alpha value is -1.72. The number of aryl methyl sites for hydroxylation is 1. The lowest BCUT2D eigenvalue weighted by molar-refractivity contribution is 0.205. The Labute approximate surface area is 139 Å². The molecule has 0 radical (unpaired) electrons. The van der Waals surface area contributed by atoms with E-state index in [0.29, 0.717) is 6.04 Å². The van der Waals surface area contributed by atoms with Crippen molar-refractivity contribution in [1.29, 1.82) is 0 Å². The SMILES string of the molecule is Cc1csc(-c2ccc3c(cnn3C3CC4CC3CN4C)c2)n1. The molecule has 3 aromatic rings. The predicted molar refractivity (Wildman–Crippen MR) is 93.8 cm³/mol. The minimum atomic E-state index is 0.571. The molecule has 1 aromatic carbocycles. The van der Waals surface area contributed by atoms with Gasteiger partial charge in [-0.25, -0.2) is 4.98 Å². The van der Waals surface area contributed by atoms with Gasteiger partial charge in [-0.3, -0.25) is 4.68 Å². The van der Waals surface area contributed by atoms with Crippen LogP contribution in [0.1, 0.15) is 24.6 Å². The van der Waals surface area contributed by atoms with Gasteiger partial charge in [0.1, 0.15) is 5.01 Å². The zero-order chi connectivity index (χ0) is 15.6. The van der Waals surface area contributed by atoms with Crippen LogP contribution in [0, 0.1) is 12.8 Å². The summed E-state index contributed by atoms with van der Waals surface area (Å²) in [5.41, 5.74) is 3.55. The summed E-state index contributed by atoms with van der Waals surface area (Å²) < 4.78 is 2.28. The minimum Gasteiger partial charge on any atom is -0.303 e. The number of piperidine rings is 1. The van der Waals surface area contributed by atoms with Crippen LogP contribution in [0.15, 0.2) is 29.8 Å². The van der Waals surface area contributed by atoms with E-state index >= 15 is 0 Å². The summed E-state index contributed by atoms with van der Waals surface area (Å²) in [5, 5.41) is 9.17. The van der Waals surface area contributed by atoms with Crippen LogP contribution in [0.3, 0.4) is 0 Å². The van der Waals surface area contributed by atoms with E-state index in [0.717, 1.165) is 22.7 Å². The molecule has 3 unspecified atom stereocenters. The van der Waals surface area contributed by atoms with E-state index in [1.165, 1.54) is 35.9 Å². The van der Waals surface area contributed by atoms with Gasteiger partial charge in [0.05, 0.1) is 17.8 Å². The smallest absolute Gasteiger partial charge is 0.123 e. The molecule has 0 amide bonds. The maximum atomic E-state index is 4.74. The molecule has 1 saturated heterocycles. The quantitative estimate of drug-likeness (QED) is 0.720. The maximum Gasteiger partial charge on any atom is 0.123 e. The largest absolute Gasteiger partial charge is 0.303 e. The van der Waals surface area contributed by atoms with Gasteiger partial charge in [-0.05, 0) is 50.9 Å². The standard InChI is InChI=1S/C18H20N4S/c1-11-10-23-18(20-11)12-3-4-16-13(5-12)8-19-22(16)17-7-15-6-14(17)9-21(15)2/h3-5,8,10,14-15,17H,6-7,9H2,1-2H3. The summed E-state index contributed by atoms with van der Waals surface area (Å²) >= 11 is 1.71. The highest BCUT2D eigenvalue weighted by molar-refractivity contribution is 7.13. The Morgan fingerprint density at radius 3 is 2.87 bits per heavy atom. The summed E-state index contributed by atoms with van der Waals surface area (Å²) in [6, 6.07) is 7.97. The summed E-state index contributed by atoms with van der Waals surface area (Å²) in [6.07, 6.45) is 4.60. The summed E-state index contributed by atoms with van der Waals surface area (Å²) in [7, 11) is 2.25. The van der Waals surface area contributed by atoms with Crippen LogP contribution in [0.25, 0.3) is 21.5 Å². The van der Waals surface area contributed by atoms with Crippen LogP contribution < -0.4 is 0 Å². The van der Waals surface area contributed by atoms with Crippen molar-refractivity contribution in [3.63, 3.8) is 0 Å². The first kappa shape index (κ1) is 13.7. The van der Waals surface area contributed by atoms with E-state index in [9.17, 15) is 0 Å². The van der Waals surface area contributed by atoms with Gasteiger partial charge in [0.25, 0.3) is 0 Å². The molecule has 23 heavy (non-hydrogen) atoms. The second kappa shape index (κ2) is 4.89. The minimum absolute atomic E-state index is 0.571. The highest BCUT2D eigenvalue weighted by Crippen LogP contribution is 2.44. The first-order chi connectivity index (χ1) is 11.2. The van der Waals surface area contributed by atoms with Crippen LogP contribution in [-0.2, 0) is 0 Å². The molecule has 3 heterocycles. The van der Waals surface area contributed by atoms with Crippen LogP contribution in [0.5, 0.6) is 0 Å². The Bertz CT molecular complexity index is 878. The van der Waals surface area contributed by atoms with E-state index in [-0.39, 0.29) is 0 Å². The number of benzene rings is 1. The first-order valence-electron chi connectivity index (χ1n) is 8.29. The van der Waals surface area contributed by atoms with Gasteiger partial charge in [0, 0.05) is 34.6 Å². The van der Waals surface area contributed by atoms with Crippen LogP contribution in [0.2, 0.25) is 0 Å². The van der Waals surface area contributed by atoms with Gasteiger partial charge in [-0.1, -0.05) is 0 Å². The van der Waals surface area contributed by atoms with Gasteiger partial charge in [-0.15, -0.1) is 11.3 Å². The first-order valence-corrected chi connectivity index (χ1v) is 9.17. The zero-order valence-electron chi connectivity index (χ0n) is 13.4. The lowest BCUT2D eigenvalue weighted by Gasteiger charge is -2.29. The van der Waals surface area contributed by atoms with Crippen molar-refractivity contribution in [2.24, 2.45) is 5.92 Å². The molecule has 5 heteroatoms. The Morgan fingerprint density at radius 1 is 1.26 bits per heavy atom. The molecule has 1 saturated carbocycles. The number of likely N-dealkylation sites (tertiary alicyclic amines) is 1. The number of aromatic nitrogens is 3. The third-order valence-corrected chi connectivity index (χ3v) is 6.56. The van der Waals surface area contributed by atoms with E-state index in [1.807, 2.05) is 13.1 Å². The highest BCUT2D eigenvalue weighted by Gasteiger charge is 2.44. The van der Waals surface area contributed by atoms with Crippen molar-refractivity contribution in [3.05, 3.63) is 35.5 Å². The molecule has 1 aliphatic heterocycles. The Kier molecular flexibility index (Phi) is 2.91.